The maximum absolute atomic E-state index is 11.9. The van der Waals surface area contributed by atoms with Crippen molar-refractivity contribution in [1.29, 1.82) is 0 Å². The molecule has 1 saturated carbocycles. The molecule has 5 heteroatoms. The first-order valence-corrected chi connectivity index (χ1v) is 8.26. The fourth-order valence-corrected chi connectivity index (χ4v) is 2.87. The number of aliphatic carboxylic acids is 1. The minimum Gasteiger partial charge on any atom is -0.480 e. The summed E-state index contributed by atoms with van der Waals surface area (Å²) >= 11 is 0. The third-order valence-corrected chi connectivity index (χ3v) is 4.21. The lowest BCUT2D eigenvalue weighted by Crippen LogP contribution is -2.57. The van der Waals surface area contributed by atoms with E-state index in [0.29, 0.717) is 25.3 Å². The minimum absolute atomic E-state index is 0.344. The van der Waals surface area contributed by atoms with Crippen LogP contribution >= 0.6 is 0 Å². The maximum Gasteiger partial charge on any atom is 0.329 e. The molecule has 0 aliphatic heterocycles. The lowest BCUT2D eigenvalue weighted by Gasteiger charge is -2.29. The second-order valence-electron chi connectivity index (χ2n) is 6.57. The summed E-state index contributed by atoms with van der Waals surface area (Å²) < 4.78 is 0. The van der Waals surface area contributed by atoms with Crippen LogP contribution in [0.3, 0.4) is 0 Å². The van der Waals surface area contributed by atoms with Gasteiger partial charge in [-0.2, -0.15) is 0 Å². The van der Waals surface area contributed by atoms with E-state index in [0.717, 1.165) is 44.9 Å². The Hall–Kier alpha value is -1.26. The van der Waals surface area contributed by atoms with Gasteiger partial charge >= 0.3 is 12.0 Å². The van der Waals surface area contributed by atoms with Gasteiger partial charge in [0.25, 0.3) is 0 Å². The molecule has 0 aromatic carbocycles. The van der Waals surface area contributed by atoms with Gasteiger partial charge in [-0.1, -0.05) is 52.4 Å². The van der Waals surface area contributed by atoms with Gasteiger partial charge in [0, 0.05) is 6.54 Å². The van der Waals surface area contributed by atoms with Crippen molar-refractivity contribution in [2.75, 3.05) is 6.54 Å². The minimum atomic E-state index is -1.07. The van der Waals surface area contributed by atoms with Crippen molar-refractivity contribution in [3.8, 4) is 0 Å². The summed E-state index contributed by atoms with van der Waals surface area (Å²) in [5.74, 6) is -0.223. The SMILES string of the molecule is CC(C)CCCCNC(=O)NC1(C(=O)O)CCCCCC1. The highest BCUT2D eigenvalue weighted by Crippen LogP contribution is 2.27. The number of carboxylic acid groups (broad SMARTS) is 1. The molecule has 2 amide bonds. The van der Waals surface area contributed by atoms with Gasteiger partial charge in [-0.15, -0.1) is 0 Å². The van der Waals surface area contributed by atoms with Crippen molar-refractivity contribution in [2.45, 2.75) is 77.2 Å². The molecule has 1 aliphatic carbocycles. The highest BCUT2D eigenvalue weighted by molar-refractivity contribution is 5.86. The first kappa shape index (κ1) is 17.8. The Labute approximate surface area is 127 Å². The molecule has 0 aromatic heterocycles. The number of urea groups is 1. The Balaban J connectivity index is 2.37. The van der Waals surface area contributed by atoms with Crippen LogP contribution in [0.1, 0.15) is 71.6 Å². The molecule has 1 fully saturated rings. The van der Waals surface area contributed by atoms with E-state index in [1.165, 1.54) is 0 Å². The Morgan fingerprint density at radius 2 is 1.71 bits per heavy atom. The zero-order chi connectivity index (χ0) is 15.7. The van der Waals surface area contributed by atoms with E-state index < -0.39 is 11.5 Å². The quantitative estimate of drug-likeness (QED) is 0.498. The molecule has 0 saturated heterocycles. The lowest BCUT2D eigenvalue weighted by molar-refractivity contribution is -0.145. The maximum atomic E-state index is 11.9. The topological polar surface area (TPSA) is 78.4 Å². The standard InChI is InChI=1S/C16H30N2O3/c1-13(2)9-5-8-12-17-15(21)18-16(14(19)20)10-6-3-4-7-11-16/h13H,3-12H2,1-2H3,(H,19,20)(H2,17,18,21). The molecular formula is C16H30N2O3. The molecule has 0 heterocycles. The Bertz CT molecular complexity index is 334. The van der Waals surface area contributed by atoms with Gasteiger partial charge in [0.1, 0.15) is 5.54 Å². The molecule has 0 unspecified atom stereocenters. The van der Waals surface area contributed by atoms with Gasteiger partial charge in [0.15, 0.2) is 0 Å². The van der Waals surface area contributed by atoms with Crippen LogP contribution in [0.4, 0.5) is 4.79 Å². The van der Waals surface area contributed by atoms with E-state index in [9.17, 15) is 14.7 Å². The third kappa shape index (κ3) is 6.36. The molecule has 3 N–H and O–H groups in total. The number of amides is 2. The number of carboxylic acids is 1. The highest BCUT2D eigenvalue weighted by atomic mass is 16.4. The molecule has 21 heavy (non-hydrogen) atoms. The largest absolute Gasteiger partial charge is 0.480 e. The van der Waals surface area contributed by atoms with Crippen molar-refractivity contribution >= 4 is 12.0 Å². The number of carbonyl (C=O) groups excluding carboxylic acids is 1. The van der Waals surface area contributed by atoms with Gasteiger partial charge in [0.2, 0.25) is 0 Å². The van der Waals surface area contributed by atoms with Gasteiger partial charge in [0.05, 0.1) is 0 Å². The van der Waals surface area contributed by atoms with Crippen LogP contribution in [0.2, 0.25) is 0 Å². The number of rotatable bonds is 7. The van der Waals surface area contributed by atoms with Crippen molar-refractivity contribution in [3.05, 3.63) is 0 Å². The van der Waals surface area contributed by atoms with Crippen LogP contribution in [0.25, 0.3) is 0 Å². The summed E-state index contributed by atoms with van der Waals surface area (Å²) in [6.45, 7) is 4.97. The Morgan fingerprint density at radius 3 is 2.24 bits per heavy atom. The number of hydrogen-bond donors (Lipinski definition) is 3. The number of nitrogens with one attached hydrogen (secondary N) is 2. The molecule has 0 spiro atoms. The zero-order valence-electron chi connectivity index (χ0n) is 13.4. The van der Waals surface area contributed by atoms with Crippen molar-refractivity contribution in [2.24, 2.45) is 5.92 Å². The van der Waals surface area contributed by atoms with E-state index in [1.54, 1.807) is 0 Å². The molecule has 0 atom stereocenters. The molecule has 1 rings (SSSR count). The normalized spacial score (nSPS) is 18.0. The van der Waals surface area contributed by atoms with Crippen LogP contribution in [-0.2, 0) is 4.79 Å². The first-order valence-electron chi connectivity index (χ1n) is 8.26. The average Bonchev–Trinajstić information content (AvgIpc) is 2.64. The molecule has 0 radical (unpaired) electrons. The predicted octanol–water partition coefficient (Wildman–Crippen LogP) is 3.29. The smallest absolute Gasteiger partial charge is 0.329 e. The third-order valence-electron chi connectivity index (χ3n) is 4.21. The van der Waals surface area contributed by atoms with Gasteiger partial charge in [-0.3, -0.25) is 0 Å². The van der Waals surface area contributed by atoms with Crippen LogP contribution in [-0.4, -0.2) is 29.2 Å². The second-order valence-corrected chi connectivity index (χ2v) is 6.57. The van der Waals surface area contributed by atoms with Crippen LogP contribution in [0.15, 0.2) is 0 Å². The summed E-state index contributed by atoms with van der Waals surface area (Å²) in [6, 6.07) is -0.344. The second kappa shape index (κ2) is 8.90. The van der Waals surface area contributed by atoms with E-state index >= 15 is 0 Å². The van der Waals surface area contributed by atoms with Gasteiger partial charge in [-0.05, 0) is 25.2 Å². The van der Waals surface area contributed by atoms with Crippen molar-refractivity contribution in [1.82, 2.24) is 10.6 Å². The van der Waals surface area contributed by atoms with E-state index in [-0.39, 0.29) is 6.03 Å². The summed E-state index contributed by atoms with van der Waals surface area (Å²) in [7, 11) is 0. The fourth-order valence-electron chi connectivity index (χ4n) is 2.87. The average molecular weight is 298 g/mol. The first-order chi connectivity index (χ1) is 9.96. The molecule has 5 nitrogen and oxygen atoms in total. The summed E-state index contributed by atoms with van der Waals surface area (Å²) in [4.78, 5) is 23.5. The lowest BCUT2D eigenvalue weighted by atomic mass is 9.90. The molecule has 1 aliphatic rings. The Kier molecular flexibility index (Phi) is 7.54. The summed E-state index contributed by atoms with van der Waals surface area (Å²) in [5, 5.41) is 15.0. The summed E-state index contributed by atoms with van der Waals surface area (Å²) in [5.41, 5.74) is -1.07. The number of carbonyl (C=O) groups is 2. The molecule has 122 valence electrons. The monoisotopic (exact) mass is 298 g/mol. The molecular weight excluding hydrogens is 268 g/mol. The predicted molar refractivity (Wildman–Crippen MR) is 83.3 cm³/mol. The van der Waals surface area contributed by atoms with Crippen molar-refractivity contribution < 1.29 is 14.7 Å². The van der Waals surface area contributed by atoms with E-state index in [2.05, 4.69) is 24.5 Å². The van der Waals surface area contributed by atoms with E-state index in [4.69, 9.17) is 0 Å². The molecule has 0 bridgehead atoms. The van der Waals surface area contributed by atoms with Gasteiger partial charge < -0.3 is 15.7 Å². The van der Waals surface area contributed by atoms with E-state index in [1.807, 2.05) is 0 Å². The van der Waals surface area contributed by atoms with Crippen molar-refractivity contribution in [3.63, 3.8) is 0 Å². The molecule has 0 aromatic rings. The summed E-state index contributed by atoms with van der Waals surface area (Å²) in [6.07, 6.45) is 8.06. The van der Waals surface area contributed by atoms with Gasteiger partial charge in [-0.25, -0.2) is 9.59 Å². The fraction of sp³-hybridized carbons (Fsp3) is 0.875. The number of hydrogen-bond acceptors (Lipinski definition) is 2. The van der Waals surface area contributed by atoms with Crippen LogP contribution in [0, 0.1) is 5.92 Å². The zero-order valence-corrected chi connectivity index (χ0v) is 13.4. The van der Waals surface area contributed by atoms with Crippen LogP contribution in [0.5, 0.6) is 0 Å². The Morgan fingerprint density at radius 1 is 1.10 bits per heavy atom. The number of unbranched alkanes of at least 4 members (excludes halogenated alkanes) is 1. The van der Waals surface area contributed by atoms with Crippen LogP contribution < -0.4 is 10.6 Å². The highest BCUT2D eigenvalue weighted by Gasteiger charge is 2.39.